The summed E-state index contributed by atoms with van der Waals surface area (Å²) in [4.78, 5) is 14.6. The average molecular weight is 367 g/mol. The lowest BCUT2D eigenvalue weighted by Gasteiger charge is -2.33. The fourth-order valence-electron chi connectivity index (χ4n) is 3.46. The molecule has 1 unspecified atom stereocenters. The van der Waals surface area contributed by atoms with Crippen molar-refractivity contribution in [2.75, 3.05) is 11.9 Å². The molecule has 5 nitrogen and oxygen atoms in total. The molecule has 0 saturated heterocycles. The number of anilines is 1. The number of rotatable bonds is 2. The van der Waals surface area contributed by atoms with E-state index in [1.807, 2.05) is 54.3 Å². The van der Waals surface area contributed by atoms with E-state index in [1.165, 1.54) is 0 Å². The quantitative estimate of drug-likeness (QED) is 0.678. The molecule has 1 aliphatic heterocycles. The maximum atomic E-state index is 12.8. The minimum absolute atomic E-state index is 0.0770. The van der Waals surface area contributed by atoms with E-state index >= 15 is 0 Å². The van der Waals surface area contributed by atoms with Crippen LogP contribution in [0.2, 0.25) is 5.02 Å². The van der Waals surface area contributed by atoms with E-state index in [4.69, 9.17) is 11.6 Å². The lowest BCUT2D eigenvalue weighted by atomic mass is 9.95. The van der Waals surface area contributed by atoms with Gasteiger partial charge in [-0.15, -0.1) is 0 Å². The average Bonchev–Trinajstić information content (AvgIpc) is 3.08. The molecule has 6 heteroatoms. The maximum absolute atomic E-state index is 12.8. The van der Waals surface area contributed by atoms with Crippen molar-refractivity contribution >= 4 is 23.3 Å². The Bertz CT molecular complexity index is 938. The molecule has 1 atom stereocenters. The predicted molar refractivity (Wildman–Crippen MR) is 103 cm³/mol. The van der Waals surface area contributed by atoms with E-state index in [-0.39, 0.29) is 12.1 Å². The number of halogens is 1. The molecular weight excluding hydrogens is 348 g/mol. The third kappa shape index (κ3) is 3.06. The first-order valence-corrected chi connectivity index (χ1v) is 8.97. The largest absolute Gasteiger partial charge is 0.322 e. The first-order valence-electron chi connectivity index (χ1n) is 8.59. The molecule has 0 bridgehead atoms. The van der Waals surface area contributed by atoms with E-state index in [0.29, 0.717) is 17.3 Å². The van der Waals surface area contributed by atoms with Gasteiger partial charge in [-0.3, -0.25) is 5.10 Å². The van der Waals surface area contributed by atoms with Gasteiger partial charge in [0.05, 0.1) is 11.7 Å². The summed E-state index contributed by atoms with van der Waals surface area (Å²) in [6, 6.07) is 17.0. The summed E-state index contributed by atoms with van der Waals surface area (Å²) in [5, 5.41) is 11.2. The van der Waals surface area contributed by atoms with Crippen LogP contribution in [0.4, 0.5) is 10.5 Å². The van der Waals surface area contributed by atoms with Crippen LogP contribution in [0, 0.1) is 0 Å². The van der Waals surface area contributed by atoms with Crippen molar-refractivity contribution in [2.45, 2.75) is 19.4 Å². The summed E-state index contributed by atoms with van der Waals surface area (Å²) >= 11 is 6.01. The van der Waals surface area contributed by atoms with Crippen LogP contribution < -0.4 is 5.32 Å². The topological polar surface area (TPSA) is 61.0 Å². The van der Waals surface area contributed by atoms with Gasteiger partial charge in [-0.25, -0.2) is 4.79 Å². The van der Waals surface area contributed by atoms with Crippen molar-refractivity contribution in [1.82, 2.24) is 15.1 Å². The normalized spacial score (nSPS) is 16.2. The van der Waals surface area contributed by atoms with Crippen LogP contribution in [-0.2, 0) is 6.42 Å². The van der Waals surface area contributed by atoms with Crippen molar-refractivity contribution in [1.29, 1.82) is 0 Å². The minimum atomic E-state index is -0.134. The summed E-state index contributed by atoms with van der Waals surface area (Å²) in [6.45, 7) is 2.68. The van der Waals surface area contributed by atoms with Crippen LogP contribution in [-0.4, -0.2) is 27.7 Å². The molecule has 132 valence electrons. The number of amides is 2. The third-order valence-corrected chi connectivity index (χ3v) is 4.99. The second-order valence-electron chi connectivity index (χ2n) is 6.39. The van der Waals surface area contributed by atoms with Gasteiger partial charge in [-0.2, -0.15) is 5.10 Å². The van der Waals surface area contributed by atoms with E-state index < -0.39 is 0 Å². The molecule has 3 aromatic rings. The SMILES string of the molecule is CC1c2c(-c3ccccc3)n[nH]c2CCN1C(=O)Nc1cccc(Cl)c1. The molecule has 1 aliphatic rings. The van der Waals surface area contributed by atoms with Crippen molar-refractivity contribution in [3.05, 3.63) is 70.9 Å². The van der Waals surface area contributed by atoms with E-state index in [9.17, 15) is 4.79 Å². The highest BCUT2D eigenvalue weighted by atomic mass is 35.5. The van der Waals surface area contributed by atoms with Crippen molar-refractivity contribution in [3.8, 4) is 11.3 Å². The standard InChI is InChI=1S/C20H19ClN4O/c1-13-18-17(23-24-19(18)14-6-3-2-4-7-14)10-11-25(13)20(26)22-16-9-5-8-15(21)12-16/h2-9,12-13H,10-11H2,1H3,(H,22,26)(H,23,24). The van der Waals surface area contributed by atoms with Crippen molar-refractivity contribution in [3.63, 3.8) is 0 Å². The highest BCUT2D eigenvalue weighted by Gasteiger charge is 2.32. The Hall–Kier alpha value is -2.79. The highest BCUT2D eigenvalue weighted by molar-refractivity contribution is 6.30. The van der Waals surface area contributed by atoms with E-state index in [0.717, 1.165) is 28.9 Å². The van der Waals surface area contributed by atoms with Crippen molar-refractivity contribution in [2.24, 2.45) is 0 Å². The van der Waals surface area contributed by atoms with Crippen molar-refractivity contribution < 1.29 is 4.79 Å². The molecule has 2 heterocycles. The zero-order valence-electron chi connectivity index (χ0n) is 14.4. The number of urea groups is 1. The number of hydrogen-bond donors (Lipinski definition) is 2. The smallest absolute Gasteiger partial charge is 0.317 e. The van der Waals surface area contributed by atoms with Crippen LogP contribution in [0.15, 0.2) is 54.6 Å². The van der Waals surface area contributed by atoms with Gasteiger partial charge in [0.2, 0.25) is 0 Å². The Kier molecular flexibility index (Phi) is 4.39. The number of nitrogens with one attached hydrogen (secondary N) is 2. The van der Waals surface area contributed by atoms with Crippen LogP contribution in [0.5, 0.6) is 0 Å². The zero-order chi connectivity index (χ0) is 18.1. The summed E-state index contributed by atoms with van der Waals surface area (Å²) in [6.07, 6.45) is 0.752. The molecule has 1 aromatic heterocycles. The first kappa shape index (κ1) is 16.7. The Morgan fingerprint density at radius 3 is 2.81 bits per heavy atom. The number of carbonyl (C=O) groups is 1. The summed E-state index contributed by atoms with van der Waals surface area (Å²) in [5.74, 6) is 0. The second-order valence-corrected chi connectivity index (χ2v) is 6.83. The van der Waals surface area contributed by atoms with E-state index in [1.54, 1.807) is 12.1 Å². The number of hydrogen-bond acceptors (Lipinski definition) is 2. The molecule has 0 spiro atoms. The van der Waals surface area contributed by atoms with Gasteiger partial charge in [-0.05, 0) is 25.1 Å². The van der Waals surface area contributed by atoms with Gasteiger partial charge in [0.25, 0.3) is 0 Å². The van der Waals surface area contributed by atoms with E-state index in [2.05, 4.69) is 15.5 Å². The first-order chi connectivity index (χ1) is 12.6. The van der Waals surface area contributed by atoms with Gasteiger partial charge in [-0.1, -0.05) is 48.0 Å². The molecule has 2 amide bonds. The Morgan fingerprint density at radius 1 is 1.23 bits per heavy atom. The zero-order valence-corrected chi connectivity index (χ0v) is 15.1. The van der Waals surface area contributed by atoms with Gasteiger partial charge in [0, 0.05) is 40.5 Å². The fraction of sp³-hybridized carbons (Fsp3) is 0.200. The maximum Gasteiger partial charge on any atom is 0.322 e. The van der Waals surface area contributed by atoms with Gasteiger partial charge < -0.3 is 10.2 Å². The summed E-state index contributed by atoms with van der Waals surface area (Å²) in [7, 11) is 0. The molecule has 0 saturated carbocycles. The third-order valence-electron chi connectivity index (χ3n) is 4.75. The molecule has 0 fully saturated rings. The molecule has 2 aromatic carbocycles. The number of benzene rings is 2. The second kappa shape index (κ2) is 6.84. The van der Waals surface area contributed by atoms with Gasteiger partial charge in [0.15, 0.2) is 0 Å². The monoisotopic (exact) mass is 366 g/mol. The van der Waals surface area contributed by atoms with Crippen LogP contribution >= 0.6 is 11.6 Å². The number of nitrogens with zero attached hydrogens (tertiary/aromatic N) is 2. The molecule has 0 aliphatic carbocycles. The highest BCUT2D eigenvalue weighted by Crippen LogP contribution is 2.36. The van der Waals surface area contributed by atoms with Gasteiger partial charge >= 0.3 is 6.03 Å². The lowest BCUT2D eigenvalue weighted by Crippen LogP contribution is -2.41. The van der Waals surface area contributed by atoms with Crippen LogP contribution in [0.3, 0.4) is 0 Å². The fourth-order valence-corrected chi connectivity index (χ4v) is 3.65. The Morgan fingerprint density at radius 2 is 2.04 bits per heavy atom. The summed E-state index contributed by atoms with van der Waals surface area (Å²) < 4.78 is 0. The number of aromatic nitrogens is 2. The number of carbonyl (C=O) groups excluding carboxylic acids is 1. The molecule has 0 radical (unpaired) electrons. The summed E-state index contributed by atoms with van der Waals surface area (Å²) in [5.41, 5.74) is 4.84. The predicted octanol–water partition coefficient (Wildman–Crippen LogP) is 4.88. The molecule has 26 heavy (non-hydrogen) atoms. The minimum Gasteiger partial charge on any atom is -0.317 e. The molecular formula is C20H19ClN4O. The van der Waals surface area contributed by atoms with Crippen LogP contribution in [0.25, 0.3) is 11.3 Å². The molecule has 2 N–H and O–H groups in total. The molecule has 4 rings (SSSR count). The number of H-pyrrole nitrogens is 1. The van der Waals surface area contributed by atoms with Crippen LogP contribution in [0.1, 0.15) is 24.2 Å². The Labute approximate surface area is 157 Å². The number of aromatic amines is 1. The van der Waals surface area contributed by atoms with Gasteiger partial charge in [0.1, 0.15) is 0 Å². The number of fused-ring (bicyclic) bond motifs is 1. The Balaban J connectivity index is 1.60. The lowest BCUT2D eigenvalue weighted by molar-refractivity contribution is 0.188.